The van der Waals surface area contributed by atoms with Crippen LogP contribution in [0.15, 0.2) is 69.9 Å². The van der Waals surface area contributed by atoms with Gasteiger partial charge in [0.1, 0.15) is 12.2 Å². The van der Waals surface area contributed by atoms with E-state index in [-0.39, 0.29) is 22.8 Å². The first-order valence-corrected chi connectivity index (χ1v) is 10.4. The molecule has 0 aliphatic carbocycles. The third-order valence-electron chi connectivity index (χ3n) is 5.75. The van der Waals surface area contributed by atoms with E-state index in [1.165, 1.54) is 0 Å². The van der Waals surface area contributed by atoms with Gasteiger partial charge in [-0.2, -0.15) is 0 Å². The molecule has 1 aliphatic rings. The van der Waals surface area contributed by atoms with Gasteiger partial charge in [-0.05, 0) is 37.6 Å². The summed E-state index contributed by atoms with van der Waals surface area (Å²) >= 11 is 0. The van der Waals surface area contributed by atoms with Crippen molar-refractivity contribution in [3.8, 4) is 17.1 Å². The Hall–Kier alpha value is -4.06. The third kappa shape index (κ3) is 3.21. The molecule has 0 fully saturated rings. The molecule has 32 heavy (non-hydrogen) atoms. The van der Waals surface area contributed by atoms with E-state index in [4.69, 9.17) is 9.15 Å². The van der Waals surface area contributed by atoms with Gasteiger partial charge in [-0.15, -0.1) is 0 Å². The first kappa shape index (κ1) is 19.9. The molecule has 3 aromatic carbocycles. The Morgan fingerprint density at radius 2 is 1.84 bits per heavy atom. The van der Waals surface area contributed by atoms with Crippen molar-refractivity contribution >= 4 is 22.6 Å². The quantitative estimate of drug-likeness (QED) is 0.445. The zero-order valence-electron chi connectivity index (χ0n) is 17.6. The minimum atomic E-state index is -1.01. The highest BCUT2D eigenvalue weighted by molar-refractivity contribution is 5.94. The number of hydrogen-bond acceptors (Lipinski definition) is 5. The number of fused-ring (bicyclic) bond motifs is 4. The Labute approximate surface area is 184 Å². The number of carboxylic acids is 1. The number of rotatable bonds is 4. The predicted octanol–water partition coefficient (Wildman–Crippen LogP) is 5.53. The molecule has 1 aliphatic heterocycles. The van der Waals surface area contributed by atoms with Crippen molar-refractivity contribution in [2.45, 2.75) is 26.5 Å². The van der Waals surface area contributed by atoms with Gasteiger partial charge in [-0.3, -0.25) is 4.79 Å². The molecule has 0 spiro atoms. The second-order valence-electron chi connectivity index (χ2n) is 7.98. The van der Waals surface area contributed by atoms with E-state index in [1.54, 1.807) is 30.3 Å². The number of benzene rings is 3. The van der Waals surface area contributed by atoms with Crippen LogP contribution in [0.1, 0.15) is 40.0 Å². The molecule has 6 heteroatoms. The summed E-state index contributed by atoms with van der Waals surface area (Å²) in [5, 5.41) is 13.2. The van der Waals surface area contributed by atoms with Gasteiger partial charge in [-0.1, -0.05) is 42.5 Å². The van der Waals surface area contributed by atoms with E-state index in [1.807, 2.05) is 44.2 Å². The van der Waals surface area contributed by atoms with Crippen LogP contribution in [0.25, 0.3) is 22.3 Å². The van der Waals surface area contributed by atoms with Crippen LogP contribution < -0.4 is 15.5 Å². The van der Waals surface area contributed by atoms with Crippen molar-refractivity contribution in [2.75, 3.05) is 5.32 Å². The summed E-state index contributed by atoms with van der Waals surface area (Å²) in [5.74, 6) is -0.360. The molecule has 2 N–H and O–H groups in total. The predicted molar refractivity (Wildman–Crippen MR) is 122 cm³/mol. The van der Waals surface area contributed by atoms with Gasteiger partial charge in [0.25, 0.3) is 0 Å². The molecule has 0 amide bonds. The smallest absolute Gasteiger partial charge is 0.337 e. The average molecular weight is 427 g/mol. The lowest BCUT2D eigenvalue weighted by Crippen LogP contribution is -2.16. The van der Waals surface area contributed by atoms with Gasteiger partial charge in [0, 0.05) is 22.4 Å². The summed E-state index contributed by atoms with van der Waals surface area (Å²) in [7, 11) is 0. The van der Waals surface area contributed by atoms with E-state index in [0.29, 0.717) is 29.0 Å². The topological polar surface area (TPSA) is 88.8 Å². The van der Waals surface area contributed by atoms with Crippen LogP contribution in [0.3, 0.4) is 0 Å². The maximum atomic E-state index is 13.3. The maximum Gasteiger partial charge on any atom is 0.337 e. The SMILES string of the molecule is Cc1cc([C@@H](C)Nc2ccccc2C(=O)O)c2oc3c(c(=O)c2c1)OCc1ccccc1-3. The molecule has 5 rings (SSSR count). The second kappa shape index (κ2) is 7.57. The zero-order valence-corrected chi connectivity index (χ0v) is 17.6. The summed E-state index contributed by atoms with van der Waals surface area (Å²) in [6, 6.07) is 17.9. The Morgan fingerprint density at radius 1 is 1.09 bits per heavy atom. The number of anilines is 1. The number of carbonyl (C=O) groups is 1. The molecule has 4 aromatic rings. The van der Waals surface area contributed by atoms with Crippen LogP contribution in [0, 0.1) is 6.92 Å². The number of nitrogens with one attached hydrogen (secondary N) is 1. The monoisotopic (exact) mass is 427 g/mol. The molecule has 0 unspecified atom stereocenters. The largest absolute Gasteiger partial charge is 0.481 e. The summed E-state index contributed by atoms with van der Waals surface area (Å²) in [4.78, 5) is 24.9. The number of aromatic carboxylic acids is 1. The minimum Gasteiger partial charge on any atom is -0.481 e. The summed E-state index contributed by atoms with van der Waals surface area (Å²) < 4.78 is 12.1. The van der Waals surface area contributed by atoms with Gasteiger partial charge >= 0.3 is 5.97 Å². The first-order chi connectivity index (χ1) is 15.4. The summed E-state index contributed by atoms with van der Waals surface area (Å²) in [5.41, 5.74) is 4.40. The van der Waals surface area contributed by atoms with E-state index in [2.05, 4.69) is 5.32 Å². The molecule has 6 nitrogen and oxygen atoms in total. The van der Waals surface area contributed by atoms with Crippen LogP contribution in [0.5, 0.6) is 5.75 Å². The van der Waals surface area contributed by atoms with Crippen LogP contribution >= 0.6 is 0 Å². The van der Waals surface area contributed by atoms with Crippen molar-refractivity contribution in [1.82, 2.24) is 0 Å². The lowest BCUT2D eigenvalue weighted by molar-refractivity contribution is 0.0698. The van der Waals surface area contributed by atoms with E-state index < -0.39 is 5.97 Å². The van der Waals surface area contributed by atoms with Crippen LogP contribution in [-0.2, 0) is 6.61 Å². The molecular weight excluding hydrogens is 406 g/mol. The number of para-hydroxylation sites is 1. The van der Waals surface area contributed by atoms with Crippen molar-refractivity contribution in [3.05, 3.63) is 93.1 Å². The minimum absolute atomic E-state index is 0.178. The van der Waals surface area contributed by atoms with Crippen LogP contribution in [0.4, 0.5) is 5.69 Å². The van der Waals surface area contributed by atoms with E-state index >= 15 is 0 Å². The van der Waals surface area contributed by atoms with Crippen LogP contribution in [0.2, 0.25) is 0 Å². The Bertz CT molecular complexity index is 1440. The van der Waals surface area contributed by atoms with Crippen molar-refractivity contribution in [1.29, 1.82) is 0 Å². The van der Waals surface area contributed by atoms with Gasteiger partial charge in [0.15, 0.2) is 5.76 Å². The zero-order chi connectivity index (χ0) is 22.4. The lowest BCUT2D eigenvalue weighted by Gasteiger charge is -2.22. The molecule has 1 atom stereocenters. The normalized spacial score (nSPS) is 13.1. The molecule has 0 saturated carbocycles. The van der Waals surface area contributed by atoms with Crippen molar-refractivity contribution in [3.63, 3.8) is 0 Å². The van der Waals surface area contributed by atoms with Gasteiger partial charge in [0.05, 0.1) is 17.0 Å². The standard InChI is InChI=1S/C26H21NO5/c1-14-11-19(15(2)27-21-10-6-5-9-18(21)26(29)30)23-20(12-14)22(28)25-24(32-23)17-8-4-3-7-16(17)13-31-25/h3-12,15,27H,13H2,1-2H3,(H,29,30)/t15-/m1/s1. The van der Waals surface area contributed by atoms with E-state index in [0.717, 1.165) is 22.3 Å². The fourth-order valence-electron chi connectivity index (χ4n) is 4.21. The lowest BCUT2D eigenvalue weighted by atomic mass is 9.98. The van der Waals surface area contributed by atoms with Gasteiger partial charge < -0.3 is 19.6 Å². The fourth-order valence-corrected chi connectivity index (χ4v) is 4.21. The van der Waals surface area contributed by atoms with E-state index in [9.17, 15) is 14.7 Å². The first-order valence-electron chi connectivity index (χ1n) is 10.4. The summed E-state index contributed by atoms with van der Waals surface area (Å²) in [6.45, 7) is 4.15. The number of ether oxygens (including phenoxy) is 1. The third-order valence-corrected chi connectivity index (χ3v) is 5.75. The maximum absolute atomic E-state index is 13.3. The fraction of sp³-hybridized carbons (Fsp3) is 0.154. The Morgan fingerprint density at radius 3 is 2.66 bits per heavy atom. The molecular formula is C26H21NO5. The number of hydrogen-bond donors (Lipinski definition) is 2. The molecule has 2 heterocycles. The molecule has 160 valence electrons. The molecule has 0 saturated heterocycles. The second-order valence-corrected chi connectivity index (χ2v) is 7.98. The summed E-state index contributed by atoms with van der Waals surface area (Å²) in [6.07, 6.45) is 0. The Balaban J connectivity index is 1.69. The van der Waals surface area contributed by atoms with Crippen LogP contribution in [-0.4, -0.2) is 11.1 Å². The highest BCUT2D eigenvalue weighted by atomic mass is 16.5. The molecule has 0 radical (unpaired) electrons. The Kier molecular flexibility index (Phi) is 4.70. The average Bonchev–Trinajstić information content (AvgIpc) is 2.79. The highest BCUT2D eigenvalue weighted by Crippen LogP contribution is 2.39. The van der Waals surface area contributed by atoms with Crippen molar-refractivity contribution in [2.24, 2.45) is 0 Å². The van der Waals surface area contributed by atoms with Crippen molar-refractivity contribution < 1.29 is 19.1 Å². The molecule has 0 bridgehead atoms. The highest BCUT2D eigenvalue weighted by Gasteiger charge is 2.26. The number of aryl methyl sites for hydroxylation is 1. The van der Waals surface area contributed by atoms with Gasteiger partial charge in [-0.25, -0.2) is 4.79 Å². The van der Waals surface area contributed by atoms with Gasteiger partial charge in [0.2, 0.25) is 11.2 Å². The number of carboxylic acid groups (broad SMARTS) is 1. The molecule has 1 aromatic heterocycles.